The van der Waals surface area contributed by atoms with E-state index in [2.05, 4.69) is 0 Å². The van der Waals surface area contributed by atoms with Gasteiger partial charge in [0.05, 0.1) is 61.4 Å². The van der Waals surface area contributed by atoms with Gasteiger partial charge in [0.15, 0.2) is 5.92 Å². The molecule has 240 valence electrons. The molecule has 0 aliphatic heterocycles. The Morgan fingerprint density at radius 3 is 1.04 bits per heavy atom. The molecular weight excluding hydrogens is 807 g/mol. The highest BCUT2D eigenvalue weighted by Gasteiger charge is 2.40. The van der Waals surface area contributed by atoms with Crippen LogP contribution in [-0.2, 0) is 38.1 Å². The van der Waals surface area contributed by atoms with Crippen molar-refractivity contribution in [3.8, 4) is 0 Å². The Hall–Kier alpha value is -1.56. The molecule has 0 spiro atoms. The normalized spacial score (nSPS) is 13.0. The smallest absolute Gasteiger partial charge is 0.328 e. The third-order valence-corrected chi connectivity index (χ3v) is 10.2. The van der Waals surface area contributed by atoms with E-state index in [1.54, 1.807) is 6.07 Å². The minimum Gasteiger partial charge on any atom is -0.421 e. The number of ether oxygens (including phenoxy) is 4. The molecule has 0 bridgehead atoms. The zero-order valence-corrected chi connectivity index (χ0v) is 29.7. The third kappa shape index (κ3) is 8.49. The van der Waals surface area contributed by atoms with Gasteiger partial charge in [-0.3, -0.25) is 19.2 Å². The lowest BCUT2D eigenvalue weighted by molar-refractivity contribution is -0.197. The average molecular weight is 821 g/mol. The molecule has 0 aliphatic rings. The van der Waals surface area contributed by atoms with Gasteiger partial charge in [-0.25, -0.2) is 0 Å². The summed E-state index contributed by atoms with van der Waals surface area (Å²) in [7, 11) is 0. The van der Waals surface area contributed by atoms with Crippen molar-refractivity contribution in [1.29, 1.82) is 0 Å². The van der Waals surface area contributed by atoms with E-state index in [9.17, 15) is 19.2 Å². The highest BCUT2D eigenvalue weighted by atomic mass is 35.5. The van der Waals surface area contributed by atoms with E-state index in [1.807, 2.05) is 0 Å². The van der Waals surface area contributed by atoms with Crippen molar-refractivity contribution in [3.63, 3.8) is 0 Å². The predicted octanol–water partition coefficient (Wildman–Crippen LogP) is 10.9. The number of rotatable bonds is 9. The maximum atomic E-state index is 13.7. The molecule has 0 heterocycles. The second-order valence-corrected chi connectivity index (χ2v) is 12.3. The molecule has 0 fully saturated rings. The van der Waals surface area contributed by atoms with E-state index in [4.69, 9.17) is 135 Å². The summed E-state index contributed by atoms with van der Waals surface area (Å²) in [6, 6.07) is 7.33. The van der Waals surface area contributed by atoms with Gasteiger partial charge in [-0.15, -0.1) is 0 Å². The van der Waals surface area contributed by atoms with Crippen LogP contribution in [0.25, 0.3) is 0 Å². The summed E-state index contributed by atoms with van der Waals surface area (Å²) in [6.45, 7) is 1.98. The number of carbonyl (C=O) groups excluding carboxylic acids is 4. The van der Waals surface area contributed by atoms with Gasteiger partial charge in [-0.2, -0.15) is 0 Å². The minimum atomic E-state index is -2.00. The van der Waals surface area contributed by atoms with Gasteiger partial charge in [0.2, 0.25) is 0 Å². The van der Waals surface area contributed by atoms with Crippen molar-refractivity contribution in [2.75, 3.05) is 0 Å². The van der Waals surface area contributed by atoms with Crippen molar-refractivity contribution in [3.05, 3.63) is 97.2 Å². The van der Waals surface area contributed by atoms with Crippen LogP contribution in [0.1, 0.15) is 49.0 Å². The highest BCUT2D eigenvalue weighted by Crippen LogP contribution is 2.49. The van der Waals surface area contributed by atoms with Crippen molar-refractivity contribution < 1.29 is 38.1 Å². The van der Waals surface area contributed by atoms with E-state index in [0.29, 0.717) is 0 Å². The number of halogens is 10. The second kappa shape index (κ2) is 16.0. The summed E-state index contributed by atoms with van der Waals surface area (Å²) in [5.41, 5.74) is -0.698. The van der Waals surface area contributed by atoms with Crippen molar-refractivity contribution in [2.45, 2.75) is 32.3 Å². The Labute approximate surface area is 305 Å². The van der Waals surface area contributed by atoms with Gasteiger partial charge in [-0.05, 0) is 5.56 Å². The summed E-state index contributed by atoms with van der Waals surface area (Å²) < 4.78 is 21.2. The lowest BCUT2D eigenvalue weighted by Gasteiger charge is -2.25. The van der Waals surface area contributed by atoms with Crippen LogP contribution in [0, 0.1) is 0 Å². The molecule has 0 aliphatic carbocycles. The van der Waals surface area contributed by atoms with E-state index in [0.717, 1.165) is 13.8 Å². The average Bonchev–Trinajstić information content (AvgIpc) is 2.97. The molecule has 0 N–H and O–H groups in total. The predicted molar refractivity (Wildman–Crippen MR) is 173 cm³/mol. The maximum absolute atomic E-state index is 13.7. The lowest BCUT2D eigenvalue weighted by atomic mass is 9.99. The molecule has 8 nitrogen and oxygen atoms in total. The maximum Gasteiger partial charge on any atom is 0.328 e. The van der Waals surface area contributed by atoms with Crippen LogP contribution in [-0.4, -0.2) is 23.9 Å². The van der Waals surface area contributed by atoms with Crippen LogP contribution in [0.15, 0.2) is 30.3 Å². The van der Waals surface area contributed by atoms with Crippen LogP contribution in [0.5, 0.6) is 0 Å². The van der Waals surface area contributed by atoms with E-state index >= 15 is 0 Å². The first kappa shape index (κ1) is 37.9. The Kier molecular flexibility index (Phi) is 13.5. The monoisotopic (exact) mass is 816 g/mol. The first-order valence-electron chi connectivity index (χ1n) is 11.8. The van der Waals surface area contributed by atoms with E-state index in [-0.39, 0.29) is 66.9 Å². The molecule has 18 heteroatoms. The minimum absolute atomic E-state index is 0.0179. The van der Waals surface area contributed by atoms with E-state index < -0.39 is 42.4 Å². The summed E-state index contributed by atoms with van der Waals surface area (Å²) in [6.07, 6.45) is -3.99. The zero-order valence-electron chi connectivity index (χ0n) is 22.2. The van der Waals surface area contributed by atoms with Crippen molar-refractivity contribution in [1.82, 2.24) is 0 Å². The second-order valence-electron chi connectivity index (χ2n) is 8.57. The summed E-state index contributed by atoms with van der Waals surface area (Å²) in [5.74, 6) is -6.59. The molecule has 0 saturated carbocycles. The topological polar surface area (TPSA) is 105 Å². The molecule has 3 rings (SSSR count). The molecule has 0 aromatic heterocycles. The number of esters is 4. The molecule has 2 unspecified atom stereocenters. The van der Waals surface area contributed by atoms with Crippen LogP contribution in [0.2, 0.25) is 50.2 Å². The quantitative estimate of drug-likeness (QED) is 0.0691. The number of carbonyl (C=O) groups is 4. The fraction of sp³-hybridized carbons (Fsp3) is 0.185. The van der Waals surface area contributed by atoms with Crippen LogP contribution in [0.4, 0.5) is 0 Å². The first-order chi connectivity index (χ1) is 21.0. The van der Waals surface area contributed by atoms with Crippen molar-refractivity contribution >= 4 is 140 Å². The van der Waals surface area contributed by atoms with Gasteiger partial charge in [0.25, 0.3) is 12.6 Å². The standard InChI is InChI=1S/C27H14Cl10O8/c1-8(38)42-26(12-14(28)18(32)22(36)19(33)15(12)29)44-24(40)11(10-6-4-3-5-7-10)25(41)45-27(43-9(2)39)13-16(30)20(34)23(37)21(35)17(13)31/h3-7,11,26-27H,1-2H3. The molecule has 3 aromatic carbocycles. The van der Waals surface area contributed by atoms with Crippen LogP contribution < -0.4 is 0 Å². The molecule has 45 heavy (non-hydrogen) atoms. The zero-order chi connectivity index (χ0) is 33.9. The number of hydrogen-bond donors (Lipinski definition) is 0. The number of hydrogen-bond acceptors (Lipinski definition) is 8. The molecular formula is C27H14Cl10O8. The van der Waals surface area contributed by atoms with Gasteiger partial charge >= 0.3 is 23.9 Å². The van der Waals surface area contributed by atoms with Gasteiger partial charge in [-0.1, -0.05) is 146 Å². The highest BCUT2D eigenvalue weighted by molar-refractivity contribution is 6.56. The Morgan fingerprint density at radius 1 is 0.467 bits per heavy atom. The lowest BCUT2D eigenvalue weighted by Crippen LogP contribution is -2.30. The Morgan fingerprint density at radius 2 is 0.756 bits per heavy atom. The van der Waals surface area contributed by atoms with Gasteiger partial charge < -0.3 is 18.9 Å². The summed E-state index contributed by atoms with van der Waals surface area (Å²) in [5, 5.41) is -3.13. The molecule has 0 saturated heterocycles. The Bertz CT molecular complexity index is 1520. The summed E-state index contributed by atoms with van der Waals surface area (Å²) >= 11 is 61.9. The summed E-state index contributed by atoms with van der Waals surface area (Å²) in [4.78, 5) is 51.5. The molecule has 3 aromatic rings. The third-order valence-electron chi connectivity index (χ3n) is 5.56. The van der Waals surface area contributed by atoms with Crippen LogP contribution >= 0.6 is 116 Å². The van der Waals surface area contributed by atoms with Crippen LogP contribution in [0.3, 0.4) is 0 Å². The van der Waals surface area contributed by atoms with E-state index in [1.165, 1.54) is 24.3 Å². The fourth-order valence-corrected chi connectivity index (χ4v) is 6.27. The van der Waals surface area contributed by atoms with Gasteiger partial charge in [0, 0.05) is 13.8 Å². The SMILES string of the molecule is CC(=O)OC(OC(=O)C(C(=O)OC(OC(C)=O)c1c(Cl)c(Cl)c(Cl)c(Cl)c1Cl)c1ccccc1)c1c(Cl)c(Cl)c(Cl)c(Cl)c1Cl. The van der Waals surface area contributed by atoms with Crippen molar-refractivity contribution in [2.24, 2.45) is 0 Å². The Balaban J connectivity index is 2.12. The molecule has 2 atom stereocenters. The molecule has 0 radical (unpaired) electrons. The van der Waals surface area contributed by atoms with Gasteiger partial charge in [0.1, 0.15) is 0 Å². The largest absolute Gasteiger partial charge is 0.421 e. The molecule has 0 amide bonds. The first-order valence-corrected chi connectivity index (χ1v) is 15.6. The number of benzene rings is 3. The fourth-order valence-electron chi connectivity index (χ4n) is 3.60.